The van der Waals surface area contributed by atoms with Crippen LogP contribution in [0.15, 0.2) is 42.5 Å². The second-order valence-electron chi connectivity index (χ2n) is 7.55. The molecule has 2 aliphatic heterocycles. The van der Waals surface area contributed by atoms with Gasteiger partial charge < -0.3 is 24.4 Å². The first-order valence-corrected chi connectivity index (χ1v) is 10.5. The van der Waals surface area contributed by atoms with Crippen LogP contribution in [0.1, 0.15) is 28.8 Å². The summed E-state index contributed by atoms with van der Waals surface area (Å²) in [6.07, 6.45) is 1.43. The van der Waals surface area contributed by atoms with Gasteiger partial charge >= 0.3 is 12.0 Å². The Hall–Kier alpha value is -4.08. The van der Waals surface area contributed by atoms with E-state index in [1.165, 1.54) is 0 Å². The Morgan fingerprint density at radius 3 is 2.48 bits per heavy atom. The maximum Gasteiger partial charge on any atom is 0.338 e. The Kier molecular flexibility index (Phi) is 6.72. The number of nitrogens with one attached hydrogen (secondary N) is 2. The second kappa shape index (κ2) is 10.0. The fourth-order valence-corrected chi connectivity index (χ4v) is 3.50. The van der Waals surface area contributed by atoms with Crippen LogP contribution in [0.4, 0.5) is 10.5 Å². The van der Waals surface area contributed by atoms with Gasteiger partial charge in [-0.15, -0.1) is 0 Å². The number of esters is 1. The maximum absolute atomic E-state index is 12.2. The van der Waals surface area contributed by atoms with Gasteiger partial charge in [-0.1, -0.05) is 12.1 Å². The Bertz CT molecular complexity index is 1070. The molecule has 2 heterocycles. The molecular formula is C23H23N3O7. The molecule has 1 saturated heterocycles. The summed E-state index contributed by atoms with van der Waals surface area (Å²) < 4.78 is 15.8. The van der Waals surface area contributed by atoms with E-state index in [0.717, 1.165) is 18.5 Å². The standard InChI is InChI=1S/C23H23N3O7/c27-20(25-23(30)24-17-7-8-18-19(12-17)32-11-10-31-18)14-33-22(29)16-5-3-15(4-6-16)13-26-9-1-2-21(26)28/h3-8,12H,1-2,9-11,13-14H2,(H2,24,25,27,30). The predicted molar refractivity (Wildman–Crippen MR) is 116 cm³/mol. The van der Waals surface area contributed by atoms with E-state index in [4.69, 9.17) is 14.2 Å². The van der Waals surface area contributed by atoms with Crippen LogP contribution < -0.4 is 20.1 Å². The lowest BCUT2D eigenvalue weighted by atomic mass is 10.1. The summed E-state index contributed by atoms with van der Waals surface area (Å²) in [6, 6.07) is 10.7. The lowest BCUT2D eigenvalue weighted by Crippen LogP contribution is -2.37. The molecule has 0 radical (unpaired) electrons. The Morgan fingerprint density at radius 2 is 1.76 bits per heavy atom. The van der Waals surface area contributed by atoms with Gasteiger partial charge in [0.05, 0.1) is 5.56 Å². The molecule has 172 valence electrons. The van der Waals surface area contributed by atoms with Crippen LogP contribution in [0, 0.1) is 0 Å². The molecule has 0 saturated carbocycles. The van der Waals surface area contributed by atoms with Gasteiger partial charge in [-0.2, -0.15) is 0 Å². The molecule has 0 bridgehead atoms. The normalized spacial score (nSPS) is 14.5. The lowest BCUT2D eigenvalue weighted by Gasteiger charge is -2.19. The molecular weight excluding hydrogens is 430 g/mol. The fraction of sp³-hybridized carbons (Fsp3) is 0.304. The topological polar surface area (TPSA) is 123 Å². The molecule has 2 N–H and O–H groups in total. The van der Waals surface area contributed by atoms with E-state index in [0.29, 0.717) is 43.4 Å². The largest absolute Gasteiger partial charge is 0.486 e. The monoisotopic (exact) mass is 453 g/mol. The number of nitrogens with zero attached hydrogens (tertiary/aromatic N) is 1. The van der Waals surface area contributed by atoms with Gasteiger partial charge in [0.15, 0.2) is 18.1 Å². The lowest BCUT2D eigenvalue weighted by molar-refractivity contribution is -0.128. The molecule has 2 aromatic rings. The number of hydrogen-bond donors (Lipinski definition) is 2. The number of urea groups is 1. The molecule has 10 nitrogen and oxygen atoms in total. The number of carbonyl (C=O) groups is 4. The highest BCUT2D eigenvalue weighted by Gasteiger charge is 2.20. The number of amides is 4. The number of rotatable bonds is 6. The van der Waals surface area contributed by atoms with Gasteiger partial charge in [0.25, 0.3) is 5.91 Å². The van der Waals surface area contributed by atoms with Crippen LogP contribution in [-0.2, 0) is 20.9 Å². The first-order valence-electron chi connectivity index (χ1n) is 10.5. The Morgan fingerprint density at radius 1 is 1.00 bits per heavy atom. The zero-order valence-electron chi connectivity index (χ0n) is 17.8. The highest BCUT2D eigenvalue weighted by atomic mass is 16.6. The zero-order chi connectivity index (χ0) is 23.2. The number of benzene rings is 2. The van der Waals surface area contributed by atoms with Crippen molar-refractivity contribution in [3.8, 4) is 11.5 Å². The minimum Gasteiger partial charge on any atom is -0.486 e. The second-order valence-corrected chi connectivity index (χ2v) is 7.55. The molecule has 0 spiro atoms. The first kappa shape index (κ1) is 22.1. The van der Waals surface area contributed by atoms with E-state index < -0.39 is 24.5 Å². The molecule has 0 atom stereocenters. The van der Waals surface area contributed by atoms with Crippen LogP contribution in [0.5, 0.6) is 11.5 Å². The number of ether oxygens (including phenoxy) is 3. The summed E-state index contributed by atoms with van der Waals surface area (Å²) in [7, 11) is 0. The van der Waals surface area contributed by atoms with Crippen molar-refractivity contribution in [3.05, 3.63) is 53.6 Å². The first-order chi connectivity index (χ1) is 16.0. The van der Waals surface area contributed by atoms with Gasteiger partial charge in [0, 0.05) is 31.3 Å². The van der Waals surface area contributed by atoms with Crippen molar-refractivity contribution in [2.75, 3.05) is 31.7 Å². The van der Waals surface area contributed by atoms with Crippen molar-refractivity contribution in [3.63, 3.8) is 0 Å². The van der Waals surface area contributed by atoms with Crippen LogP contribution in [0.3, 0.4) is 0 Å². The molecule has 10 heteroatoms. The number of hydrogen-bond acceptors (Lipinski definition) is 7. The van der Waals surface area contributed by atoms with Crippen LogP contribution in [0.25, 0.3) is 0 Å². The molecule has 1 fully saturated rings. The minimum absolute atomic E-state index is 0.127. The number of carbonyl (C=O) groups excluding carboxylic acids is 4. The van der Waals surface area contributed by atoms with Crippen molar-refractivity contribution in [2.45, 2.75) is 19.4 Å². The highest BCUT2D eigenvalue weighted by molar-refractivity contribution is 6.02. The number of anilines is 1. The molecule has 33 heavy (non-hydrogen) atoms. The number of imide groups is 1. The van der Waals surface area contributed by atoms with Crippen molar-refractivity contribution in [1.29, 1.82) is 0 Å². The van der Waals surface area contributed by atoms with Crippen LogP contribution in [-0.4, -0.2) is 55.1 Å². The van der Waals surface area contributed by atoms with Crippen LogP contribution >= 0.6 is 0 Å². The SMILES string of the molecule is O=C(COC(=O)c1ccc(CN2CCCC2=O)cc1)NC(=O)Nc1ccc2c(c1)OCCO2. The van der Waals surface area contributed by atoms with Gasteiger partial charge in [0.1, 0.15) is 13.2 Å². The third kappa shape index (κ3) is 5.79. The quantitative estimate of drug-likeness (QED) is 0.642. The smallest absolute Gasteiger partial charge is 0.338 e. The highest BCUT2D eigenvalue weighted by Crippen LogP contribution is 2.32. The van der Waals surface area contributed by atoms with Crippen LogP contribution in [0.2, 0.25) is 0 Å². The number of fused-ring (bicyclic) bond motifs is 1. The average molecular weight is 453 g/mol. The molecule has 0 aromatic heterocycles. The van der Waals surface area contributed by atoms with E-state index >= 15 is 0 Å². The molecule has 2 aliphatic rings. The molecule has 4 amide bonds. The molecule has 0 aliphatic carbocycles. The average Bonchev–Trinajstić information content (AvgIpc) is 3.22. The fourth-order valence-electron chi connectivity index (χ4n) is 3.50. The van der Waals surface area contributed by atoms with Crippen molar-refractivity contribution in [2.24, 2.45) is 0 Å². The summed E-state index contributed by atoms with van der Waals surface area (Å²) in [5.41, 5.74) is 1.58. The third-order valence-electron chi connectivity index (χ3n) is 5.12. The van der Waals surface area contributed by atoms with Crippen molar-refractivity contribution >= 4 is 29.5 Å². The van der Waals surface area contributed by atoms with E-state index in [2.05, 4.69) is 10.6 Å². The third-order valence-corrected chi connectivity index (χ3v) is 5.12. The molecule has 4 rings (SSSR count). The van der Waals surface area contributed by atoms with Gasteiger partial charge in [-0.05, 0) is 36.2 Å². The number of likely N-dealkylation sites (tertiary alicyclic amines) is 1. The predicted octanol–water partition coefficient (Wildman–Crippen LogP) is 2.09. The summed E-state index contributed by atoms with van der Waals surface area (Å²) in [5.74, 6) is -0.267. The molecule has 2 aromatic carbocycles. The summed E-state index contributed by atoms with van der Waals surface area (Å²) in [4.78, 5) is 49.6. The van der Waals surface area contributed by atoms with Gasteiger partial charge in [-0.3, -0.25) is 14.9 Å². The summed E-state index contributed by atoms with van der Waals surface area (Å²) >= 11 is 0. The van der Waals surface area contributed by atoms with Gasteiger partial charge in [0.2, 0.25) is 5.91 Å². The maximum atomic E-state index is 12.2. The summed E-state index contributed by atoms with van der Waals surface area (Å²) in [5, 5.41) is 4.60. The Balaban J connectivity index is 1.21. The Labute approximate surface area is 189 Å². The minimum atomic E-state index is -0.775. The van der Waals surface area contributed by atoms with E-state index in [1.54, 1.807) is 47.4 Å². The van der Waals surface area contributed by atoms with E-state index in [9.17, 15) is 19.2 Å². The van der Waals surface area contributed by atoms with E-state index in [1.807, 2.05) is 0 Å². The molecule has 0 unspecified atom stereocenters. The van der Waals surface area contributed by atoms with Crippen molar-refractivity contribution < 1.29 is 33.4 Å². The van der Waals surface area contributed by atoms with Crippen molar-refractivity contribution in [1.82, 2.24) is 10.2 Å². The van der Waals surface area contributed by atoms with E-state index in [-0.39, 0.29) is 11.5 Å². The summed E-state index contributed by atoms with van der Waals surface area (Å²) in [6.45, 7) is 1.48. The van der Waals surface area contributed by atoms with Gasteiger partial charge in [-0.25, -0.2) is 9.59 Å². The zero-order valence-corrected chi connectivity index (χ0v) is 17.8.